The number of carbonyl (C=O) groups is 3. The minimum Gasteiger partial charge on any atom is -0.504 e. The molecule has 3 rings (SSSR count). The molecule has 7 heteroatoms. The van der Waals surface area contributed by atoms with Crippen LogP contribution < -0.4 is 9.64 Å². The number of phenolic OH excluding ortho intramolecular Hbond substituents is 1. The monoisotopic (exact) mass is 381 g/mol. The Hall–Kier alpha value is -3.61. The molecule has 0 radical (unpaired) electrons. The predicted molar refractivity (Wildman–Crippen MR) is 103 cm³/mol. The number of nitrogens with zero attached hydrogens (tertiary/aromatic N) is 1. The molecule has 2 amide bonds. The van der Waals surface area contributed by atoms with Crippen LogP contribution in [0.4, 0.5) is 5.69 Å². The minimum absolute atomic E-state index is 0.123. The number of phenols is 1. The summed E-state index contributed by atoms with van der Waals surface area (Å²) in [6.45, 7) is 2.71. The van der Waals surface area contributed by atoms with Crippen molar-refractivity contribution in [2.24, 2.45) is 0 Å². The Morgan fingerprint density at radius 1 is 1.00 bits per heavy atom. The van der Waals surface area contributed by atoms with E-state index >= 15 is 0 Å². The fourth-order valence-corrected chi connectivity index (χ4v) is 3.21. The number of ketones is 1. The van der Waals surface area contributed by atoms with E-state index in [4.69, 9.17) is 9.47 Å². The fourth-order valence-electron chi connectivity index (χ4n) is 3.21. The molecule has 1 heterocycles. The van der Waals surface area contributed by atoms with Crippen LogP contribution in [0.5, 0.6) is 11.5 Å². The van der Waals surface area contributed by atoms with Crippen molar-refractivity contribution in [3.05, 3.63) is 53.1 Å². The van der Waals surface area contributed by atoms with Crippen molar-refractivity contribution in [2.75, 3.05) is 19.1 Å². The van der Waals surface area contributed by atoms with Gasteiger partial charge in [0.15, 0.2) is 17.3 Å². The molecule has 0 spiro atoms. The molecule has 2 aromatic carbocycles. The molecule has 1 aliphatic rings. The van der Waals surface area contributed by atoms with Crippen molar-refractivity contribution in [1.82, 2.24) is 0 Å². The second kappa shape index (κ2) is 7.19. The van der Waals surface area contributed by atoms with Crippen molar-refractivity contribution in [1.29, 1.82) is 0 Å². The van der Waals surface area contributed by atoms with Gasteiger partial charge in [0.1, 0.15) is 5.76 Å². The number of amides is 2. The van der Waals surface area contributed by atoms with Crippen molar-refractivity contribution < 1.29 is 29.0 Å². The van der Waals surface area contributed by atoms with Crippen LogP contribution in [0.15, 0.2) is 36.4 Å². The highest BCUT2D eigenvalue weighted by Crippen LogP contribution is 2.42. The van der Waals surface area contributed by atoms with Gasteiger partial charge < -0.3 is 14.6 Å². The van der Waals surface area contributed by atoms with Crippen LogP contribution in [0.25, 0.3) is 11.3 Å². The van der Waals surface area contributed by atoms with Gasteiger partial charge in [-0.1, -0.05) is 0 Å². The van der Waals surface area contributed by atoms with Crippen LogP contribution in [0.2, 0.25) is 0 Å². The maximum atomic E-state index is 13.1. The summed E-state index contributed by atoms with van der Waals surface area (Å²) in [5, 5.41) is 10.1. The summed E-state index contributed by atoms with van der Waals surface area (Å²) in [7, 11) is 2.82. The van der Waals surface area contributed by atoms with Gasteiger partial charge in [0, 0.05) is 23.6 Å². The molecule has 0 saturated carbocycles. The fraction of sp³-hybridized carbons (Fsp3) is 0.190. The van der Waals surface area contributed by atoms with Gasteiger partial charge in [-0.05, 0) is 43.3 Å². The quantitative estimate of drug-likeness (QED) is 0.497. The van der Waals surface area contributed by atoms with E-state index in [2.05, 4.69) is 0 Å². The number of anilines is 1. The van der Waals surface area contributed by atoms with E-state index in [0.717, 1.165) is 4.90 Å². The summed E-state index contributed by atoms with van der Waals surface area (Å²) in [5.74, 6) is -0.862. The maximum Gasteiger partial charge on any atom is 0.269 e. The lowest BCUT2D eigenvalue weighted by molar-refractivity contribution is -0.122. The van der Waals surface area contributed by atoms with Crippen LogP contribution in [-0.4, -0.2) is 36.9 Å². The molecular formula is C21H19NO6. The maximum absolute atomic E-state index is 13.1. The van der Waals surface area contributed by atoms with Crippen LogP contribution in [0, 0.1) is 0 Å². The lowest BCUT2D eigenvalue weighted by Crippen LogP contribution is -2.31. The smallest absolute Gasteiger partial charge is 0.269 e. The first-order valence-electron chi connectivity index (χ1n) is 8.46. The third-order valence-electron chi connectivity index (χ3n) is 4.52. The van der Waals surface area contributed by atoms with E-state index in [1.54, 1.807) is 30.3 Å². The summed E-state index contributed by atoms with van der Waals surface area (Å²) in [6.07, 6.45) is 0. The standard InChI is InChI=1S/C21H19NO6/c1-11(23)13-5-7-16-15(9-13)19(21(26)22(16)12(2)24)20(28-4)14-6-8-18(27-3)17(25)10-14/h5-10,25H,1-4H3/b20-19-. The molecule has 144 valence electrons. The topological polar surface area (TPSA) is 93.1 Å². The molecule has 0 aliphatic carbocycles. The average molecular weight is 381 g/mol. The first-order valence-corrected chi connectivity index (χ1v) is 8.46. The van der Waals surface area contributed by atoms with E-state index in [9.17, 15) is 19.5 Å². The van der Waals surface area contributed by atoms with Gasteiger partial charge in [-0.2, -0.15) is 0 Å². The number of aromatic hydroxyl groups is 1. The van der Waals surface area contributed by atoms with Gasteiger partial charge in [0.2, 0.25) is 5.91 Å². The van der Waals surface area contributed by atoms with Gasteiger partial charge in [-0.3, -0.25) is 14.4 Å². The normalized spacial score (nSPS) is 14.6. The van der Waals surface area contributed by atoms with Crippen LogP contribution in [0.3, 0.4) is 0 Å². The molecule has 7 nitrogen and oxygen atoms in total. The SMILES string of the molecule is CO/C(=C1\C(=O)N(C(C)=O)c2ccc(C(C)=O)cc21)c1ccc(OC)c(O)c1. The molecule has 0 atom stereocenters. The summed E-state index contributed by atoms with van der Waals surface area (Å²) in [4.78, 5) is 38.0. The molecule has 1 aliphatic heterocycles. The number of hydrogen-bond donors (Lipinski definition) is 1. The number of ether oxygens (including phenoxy) is 2. The van der Waals surface area contributed by atoms with E-state index in [1.165, 1.54) is 34.1 Å². The summed E-state index contributed by atoms with van der Waals surface area (Å²) in [5.41, 5.74) is 1.77. The van der Waals surface area contributed by atoms with Crippen LogP contribution >= 0.6 is 0 Å². The molecule has 2 aromatic rings. The lowest BCUT2D eigenvalue weighted by atomic mass is 9.99. The zero-order valence-electron chi connectivity index (χ0n) is 15.9. The largest absolute Gasteiger partial charge is 0.504 e. The third kappa shape index (κ3) is 3.00. The molecule has 0 saturated heterocycles. The zero-order chi connectivity index (χ0) is 20.6. The Balaban J connectivity index is 2.30. The first-order chi connectivity index (χ1) is 13.3. The molecule has 0 aromatic heterocycles. The van der Waals surface area contributed by atoms with Gasteiger partial charge in [-0.25, -0.2) is 4.90 Å². The highest BCUT2D eigenvalue weighted by Gasteiger charge is 2.38. The molecule has 0 fully saturated rings. The Morgan fingerprint density at radius 3 is 2.21 bits per heavy atom. The summed E-state index contributed by atoms with van der Waals surface area (Å²) in [6, 6.07) is 9.27. The van der Waals surface area contributed by atoms with Gasteiger partial charge in [0.25, 0.3) is 5.91 Å². The summed E-state index contributed by atoms with van der Waals surface area (Å²) < 4.78 is 10.5. The third-order valence-corrected chi connectivity index (χ3v) is 4.52. The Morgan fingerprint density at radius 2 is 1.68 bits per heavy atom. The van der Waals surface area contributed by atoms with Crippen LogP contribution in [0.1, 0.15) is 35.3 Å². The number of methoxy groups -OCH3 is 2. The lowest BCUT2D eigenvalue weighted by Gasteiger charge is -2.13. The minimum atomic E-state index is -0.560. The number of rotatable bonds is 4. The molecule has 28 heavy (non-hydrogen) atoms. The molecule has 1 N–H and O–H groups in total. The second-order valence-corrected chi connectivity index (χ2v) is 6.24. The summed E-state index contributed by atoms with van der Waals surface area (Å²) >= 11 is 0. The number of Topliss-reactive ketones (excluding diaryl/α,β-unsaturated/α-hetero) is 1. The number of carbonyl (C=O) groups excluding carboxylic acids is 3. The Labute approximate surface area is 161 Å². The van der Waals surface area contributed by atoms with Crippen molar-refractivity contribution >= 4 is 34.6 Å². The first kappa shape index (κ1) is 19.2. The Bertz CT molecular complexity index is 1040. The highest BCUT2D eigenvalue weighted by molar-refractivity contribution is 6.43. The van der Waals surface area contributed by atoms with E-state index in [0.29, 0.717) is 22.4 Å². The van der Waals surface area contributed by atoms with Crippen LogP contribution in [-0.2, 0) is 14.3 Å². The molecule has 0 unspecified atom stereocenters. The number of benzene rings is 2. The number of imide groups is 1. The van der Waals surface area contributed by atoms with Gasteiger partial charge in [0.05, 0.1) is 25.5 Å². The molecular weight excluding hydrogens is 362 g/mol. The van der Waals surface area contributed by atoms with Crippen molar-refractivity contribution in [3.63, 3.8) is 0 Å². The second-order valence-electron chi connectivity index (χ2n) is 6.24. The van der Waals surface area contributed by atoms with Crippen molar-refractivity contribution in [2.45, 2.75) is 13.8 Å². The van der Waals surface area contributed by atoms with Crippen molar-refractivity contribution in [3.8, 4) is 11.5 Å². The van der Waals surface area contributed by atoms with E-state index in [1.807, 2.05) is 0 Å². The van der Waals surface area contributed by atoms with Gasteiger partial charge in [-0.15, -0.1) is 0 Å². The zero-order valence-corrected chi connectivity index (χ0v) is 15.9. The number of fused-ring (bicyclic) bond motifs is 1. The number of hydrogen-bond acceptors (Lipinski definition) is 6. The molecule has 0 bridgehead atoms. The van der Waals surface area contributed by atoms with Gasteiger partial charge >= 0.3 is 0 Å². The van der Waals surface area contributed by atoms with E-state index < -0.39 is 11.8 Å². The highest BCUT2D eigenvalue weighted by atomic mass is 16.5. The average Bonchev–Trinajstić information content (AvgIpc) is 2.94. The predicted octanol–water partition coefficient (Wildman–Crippen LogP) is 3.01. The van der Waals surface area contributed by atoms with E-state index in [-0.39, 0.29) is 28.6 Å². The Kier molecular flexibility index (Phi) is 4.92.